The maximum atomic E-state index is 12.8. The van der Waals surface area contributed by atoms with Crippen LogP contribution in [0.5, 0.6) is 0 Å². The van der Waals surface area contributed by atoms with E-state index in [4.69, 9.17) is 4.74 Å². The van der Waals surface area contributed by atoms with Crippen molar-refractivity contribution < 1.29 is 24.2 Å². The molecule has 0 aliphatic carbocycles. The second-order valence-corrected chi connectivity index (χ2v) is 8.22. The summed E-state index contributed by atoms with van der Waals surface area (Å²) >= 11 is 0. The van der Waals surface area contributed by atoms with Gasteiger partial charge < -0.3 is 20.5 Å². The predicted octanol–water partition coefficient (Wildman–Crippen LogP) is 4.08. The summed E-state index contributed by atoms with van der Waals surface area (Å²) in [5.74, 6) is -2.19. The number of carbonyl (C=O) groups excluding carboxylic acids is 3. The molecular formula is C25H36N2O5. The number of amides is 2. The molecule has 32 heavy (non-hydrogen) atoms. The lowest BCUT2D eigenvalue weighted by molar-refractivity contribution is -0.152. The van der Waals surface area contributed by atoms with E-state index in [0.29, 0.717) is 12.1 Å². The van der Waals surface area contributed by atoms with Gasteiger partial charge in [0.2, 0.25) is 18.1 Å². The van der Waals surface area contributed by atoms with E-state index >= 15 is 0 Å². The van der Waals surface area contributed by atoms with Crippen molar-refractivity contribution >= 4 is 23.5 Å². The number of hydrogen-bond acceptors (Lipinski definition) is 5. The number of aliphatic hydroxyl groups is 1. The van der Waals surface area contributed by atoms with Gasteiger partial charge in [0.1, 0.15) is 0 Å². The van der Waals surface area contributed by atoms with Crippen LogP contribution in [0.2, 0.25) is 0 Å². The molecule has 2 rings (SSSR count). The normalized spacial score (nSPS) is 16.2. The van der Waals surface area contributed by atoms with Crippen molar-refractivity contribution in [3.63, 3.8) is 0 Å². The minimum atomic E-state index is -1.48. The van der Waals surface area contributed by atoms with Gasteiger partial charge in [0.05, 0.1) is 5.92 Å². The van der Waals surface area contributed by atoms with Crippen LogP contribution in [-0.4, -0.2) is 35.7 Å². The van der Waals surface area contributed by atoms with Crippen molar-refractivity contribution in [2.75, 3.05) is 11.9 Å². The zero-order valence-corrected chi connectivity index (χ0v) is 19.0. The first-order chi connectivity index (χ1) is 15.5. The molecule has 176 valence electrons. The summed E-state index contributed by atoms with van der Waals surface area (Å²) in [6.45, 7) is 2.19. The van der Waals surface area contributed by atoms with Crippen LogP contribution >= 0.6 is 0 Å². The van der Waals surface area contributed by atoms with E-state index in [0.717, 1.165) is 25.3 Å². The Hall–Kier alpha value is -2.67. The van der Waals surface area contributed by atoms with Crippen LogP contribution in [0, 0.1) is 5.92 Å². The number of cyclic esters (lactones) is 1. The smallest absolute Gasteiger partial charge is 0.333 e. The number of esters is 1. The number of aliphatic hydroxyl groups excluding tert-OH is 1. The van der Waals surface area contributed by atoms with Crippen LogP contribution in [0.4, 0.5) is 5.69 Å². The van der Waals surface area contributed by atoms with Gasteiger partial charge in [0, 0.05) is 30.3 Å². The van der Waals surface area contributed by atoms with Crippen molar-refractivity contribution in [3.8, 4) is 0 Å². The number of para-hydroxylation sites is 1. The number of ether oxygens (including phenoxy) is 1. The van der Waals surface area contributed by atoms with Gasteiger partial charge in [-0.05, 0) is 18.6 Å². The molecule has 7 nitrogen and oxygen atoms in total. The third kappa shape index (κ3) is 9.22. The molecule has 1 aromatic rings. The van der Waals surface area contributed by atoms with Gasteiger partial charge in [-0.3, -0.25) is 9.59 Å². The lowest BCUT2D eigenvalue weighted by atomic mass is 9.97. The highest BCUT2D eigenvalue weighted by molar-refractivity contribution is 5.97. The third-order valence-corrected chi connectivity index (χ3v) is 5.57. The highest BCUT2D eigenvalue weighted by Crippen LogP contribution is 2.23. The zero-order chi connectivity index (χ0) is 23.2. The fourth-order valence-electron chi connectivity index (χ4n) is 3.71. The molecule has 1 heterocycles. The molecular weight excluding hydrogens is 408 g/mol. The lowest BCUT2D eigenvalue weighted by Crippen LogP contribution is -2.38. The molecule has 0 fully saturated rings. The second-order valence-electron chi connectivity index (χ2n) is 8.22. The minimum absolute atomic E-state index is 0.0194. The minimum Gasteiger partial charge on any atom is -0.429 e. The molecule has 1 aliphatic heterocycles. The molecule has 1 aliphatic rings. The fourth-order valence-corrected chi connectivity index (χ4v) is 3.71. The Kier molecular flexibility index (Phi) is 11.5. The summed E-state index contributed by atoms with van der Waals surface area (Å²) in [7, 11) is 0. The van der Waals surface area contributed by atoms with Crippen LogP contribution in [0.25, 0.3) is 0 Å². The van der Waals surface area contributed by atoms with Gasteiger partial charge in [-0.2, -0.15) is 0 Å². The molecule has 2 atom stereocenters. The van der Waals surface area contributed by atoms with Gasteiger partial charge >= 0.3 is 5.97 Å². The van der Waals surface area contributed by atoms with Crippen LogP contribution in [0.3, 0.4) is 0 Å². The summed E-state index contributed by atoms with van der Waals surface area (Å²) in [5.41, 5.74) is 0.732. The summed E-state index contributed by atoms with van der Waals surface area (Å²) < 4.78 is 4.73. The number of nitrogens with one attached hydrogen (secondary N) is 2. The standard InChI is InChI=1S/C25H36N2O5/c1-2-3-4-5-6-7-8-9-13-16-22(28)26-18-21(20-17-23(29)32-25(20)31)24(30)27-19-14-11-10-12-15-19/h10-12,14-15,17,21,25,31H,2-9,13,16,18H2,1H3,(H,26,28)(H,27,30). The Morgan fingerprint density at radius 2 is 1.62 bits per heavy atom. The van der Waals surface area contributed by atoms with E-state index in [1.54, 1.807) is 24.3 Å². The van der Waals surface area contributed by atoms with E-state index in [1.165, 1.54) is 38.5 Å². The molecule has 0 spiro atoms. The maximum Gasteiger partial charge on any atom is 0.333 e. The van der Waals surface area contributed by atoms with Crippen LogP contribution in [0.1, 0.15) is 71.1 Å². The van der Waals surface area contributed by atoms with E-state index in [2.05, 4.69) is 17.6 Å². The fraction of sp³-hybridized carbons (Fsp3) is 0.560. The second kappa shape index (κ2) is 14.4. The van der Waals surface area contributed by atoms with Crippen LogP contribution in [0.15, 0.2) is 42.0 Å². The summed E-state index contributed by atoms with van der Waals surface area (Å²) in [6.07, 6.45) is 10.6. The maximum absolute atomic E-state index is 12.8. The predicted molar refractivity (Wildman–Crippen MR) is 124 cm³/mol. The molecule has 3 N–H and O–H groups in total. The van der Waals surface area contributed by atoms with Crippen LogP contribution in [-0.2, 0) is 19.1 Å². The van der Waals surface area contributed by atoms with E-state index in [9.17, 15) is 19.5 Å². The largest absolute Gasteiger partial charge is 0.429 e. The number of carbonyl (C=O) groups is 3. The summed E-state index contributed by atoms with van der Waals surface area (Å²) in [5, 5.41) is 15.5. The Bertz CT molecular complexity index is 763. The van der Waals surface area contributed by atoms with Gasteiger partial charge in [-0.25, -0.2) is 4.79 Å². The molecule has 0 bridgehead atoms. The quantitative estimate of drug-likeness (QED) is 0.279. The van der Waals surface area contributed by atoms with E-state index in [1.807, 2.05) is 6.07 Å². The SMILES string of the molecule is CCCCCCCCCCCC(=O)NCC(C(=O)Nc1ccccc1)C1=CC(=O)OC1O. The first-order valence-electron chi connectivity index (χ1n) is 11.7. The highest BCUT2D eigenvalue weighted by atomic mass is 16.6. The molecule has 2 unspecified atom stereocenters. The summed E-state index contributed by atoms with van der Waals surface area (Å²) in [6, 6.07) is 8.87. The number of hydrogen-bond donors (Lipinski definition) is 3. The van der Waals surface area contributed by atoms with Gasteiger partial charge in [0.15, 0.2) is 0 Å². The number of benzene rings is 1. The van der Waals surface area contributed by atoms with Crippen molar-refractivity contribution in [2.45, 2.75) is 77.4 Å². The third-order valence-electron chi connectivity index (χ3n) is 5.57. The number of anilines is 1. The molecule has 7 heteroatoms. The molecule has 1 aromatic carbocycles. The van der Waals surface area contributed by atoms with Crippen molar-refractivity contribution in [1.29, 1.82) is 0 Å². The van der Waals surface area contributed by atoms with Gasteiger partial charge in [-0.15, -0.1) is 0 Å². The van der Waals surface area contributed by atoms with Crippen molar-refractivity contribution in [1.82, 2.24) is 5.32 Å². The molecule has 0 aromatic heterocycles. The Labute approximate surface area is 190 Å². The molecule has 0 radical (unpaired) electrons. The number of rotatable bonds is 15. The van der Waals surface area contributed by atoms with Gasteiger partial charge in [-0.1, -0.05) is 76.5 Å². The van der Waals surface area contributed by atoms with Crippen LogP contribution < -0.4 is 10.6 Å². The summed E-state index contributed by atoms with van der Waals surface area (Å²) in [4.78, 5) is 36.6. The average Bonchev–Trinajstić information content (AvgIpc) is 3.11. The van der Waals surface area contributed by atoms with E-state index in [-0.39, 0.29) is 18.0 Å². The number of unbranched alkanes of at least 4 members (excludes halogenated alkanes) is 8. The van der Waals surface area contributed by atoms with Gasteiger partial charge in [0.25, 0.3) is 0 Å². The Balaban J connectivity index is 1.77. The zero-order valence-electron chi connectivity index (χ0n) is 19.0. The average molecular weight is 445 g/mol. The Morgan fingerprint density at radius 1 is 1.00 bits per heavy atom. The Morgan fingerprint density at radius 3 is 2.22 bits per heavy atom. The first-order valence-corrected chi connectivity index (χ1v) is 11.7. The monoisotopic (exact) mass is 444 g/mol. The first kappa shape index (κ1) is 25.6. The van der Waals surface area contributed by atoms with Crippen molar-refractivity contribution in [2.24, 2.45) is 5.92 Å². The molecule has 0 saturated carbocycles. The van der Waals surface area contributed by atoms with E-state index < -0.39 is 24.1 Å². The highest BCUT2D eigenvalue weighted by Gasteiger charge is 2.34. The molecule has 0 saturated heterocycles. The topological polar surface area (TPSA) is 105 Å². The molecule has 2 amide bonds. The lowest BCUT2D eigenvalue weighted by Gasteiger charge is -2.20. The van der Waals surface area contributed by atoms with Crippen molar-refractivity contribution in [3.05, 3.63) is 42.0 Å².